The van der Waals surface area contributed by atoms with Crippen LogP contribution in [0.1, 0.15) is 34.6 Å². The van der Waals surface area contributed by atoms with Crippen LogP contribution < -0.4 is 5.09 Å². The Bertz CT molecular complexity index is 107. The maximum absolute atomic E-state index is 3.24. The first-order chi connectivity index (χ1) is 5.50. The first kappa shape index (κ1) is 12.3. The Morgan fingerprint density at radius 1 is 1.00 bits per heavy atom. The standard InChI is InChI=1S/C9H23N2P/c1-7(2)11(8(3)4)9(5)12-10-6/h7-10,12H,1-6H3. The molecule has 0 aliphatic rings. The summed E-state index contributed by atoms with van der Waals surface area (Å²) < 4.78 is 0. The monoisotopic (exact) mass is 190 g/mol. The van der Waals surface area contributed by atoms with Gasteiger partial charge in [0.15, 0.2) is 0 Å². The van der Waals surface area contributed by atoms with Crippen LogP contribution in [0.25, 0.3) is 0 Å². The van der Waals surface area contributed by atoms with Crippen molar-refractivity contribution in [3.8, 4) is 0 Å². The summed E-state index contributed by atoms with van der Waals surface area (Å²) >= 11 is 0. The van der Waals surface area contributed by atoms with E-state index in [0.29, 0.717) is 17.9 Å². The lowest BCUT2D eigenvalue weighted by Gasteiger charge is -2.36. The highest BCUT2D eigenvalue weighted by atomic mass is 31.1. The normalized spacial score (nSPS) is 15.8. The summed E-state index contributed by atoms with van der Waals surface area (Å²) in [5.41, 5.74) is 0. The van der Waals surface area contributed by atoms with Crippen molar-refractivity contribution >= 4 is 8.73 Å². The molecule has 2 atom stereocenters. The van der Waals surface area contributed by atoms with Crippen LogP contribution in [-0.4, -0.2) is 29.8 Å². The van der Waals surface area contributed by atoms with Gasteiger partial charge >= 0.3 is 0 Å². The molecule has 2 nitrogen and oxygen atoms in total. The lowest BCUT2D eigenvalue weighted by molar-refractivity contribution is 0.166. The summed E-state index contributed by atoms with van der Waals surface area (Å²) in [7, 11) is 2.85. The van der Waals surface area contributed by atoms with E-state index < -0.39 is 0 Å². The van der Waals surface area contributed by atoms with Crippen LogP contribution in [0.15, 0.2) is 0 Å². The molecule has 0 bridgehead atoms. The number of nitrogens with one attached hydrogen (secondary N) is 1. The average Bonchev–Trinajstić information content (AvgIpc) is 1.85. The van der Waals surface area contributed by atoms with Crippen molar-refractivity contribution in [1.82, 2.24) is 9.99 Å². The van der Waals surface area contributed by atoms with Crippen molar-refractivity contribution in [2.45, 2.75) is 52.5 Å². The van der Waals surface area contributed by atoms with Crippen LogP contribution in [0.2, 0.25) is 0 Å². The number of hydrogen-bond acceptors (Lipinski definition) is 2. The Kier molecular flexibility index (Phi) is 6.08. The molecule has 0 spiro atoms. The molecule has 0 radical (unpaired) electrons. The molecule has 1 N–H and O–H groups in total. The Labute approximate surface area is 78.9 Å². The average molecular weight is 190 g/mol. The quantitative estimate of drug-likeness (QED) is 0.669. The van der Waals surface area contributed by atoms with Gasteiger partial charge in [0, 0.05) is 17.9 Å². The van der Waals surface area contributed by atoms with Crippen LogP contribution in [0.4, 0.5) is 0 Å². The van der Waals surface area contributed by atoms with Gasteiger partial charge in [-0.05, 0) is 50.4 Å². The van der Waals surface area contributed by atoms with Crippen LogP contribution in [0.3, 0.4) is 0 Å². The number of hydrogen-bond donors (Lipinski definition) is 1. The van der Waals surface area contributed by atoms with Crippen molar-refractivity contribution in [2.75, 3.05) is 7.05 Å². The van der Waals surface area contributed by atoms with E-state index in [1.54, 1.807) is 0 Å². The molecule has 0 aromatic heterocycles. The fourth-order valence-corrected chi connectivity index (χ4v) is 2.94. The second-order valence-electron chi connectivity index (χ2n) is 3.71. The van der Waals surface area contributed by atoms with Gasteiger partial charge in [-0.25, -0.2) is 0 Å². The lowest BCUT2D eigenvalue weighted by Crippen LogP contribution is -2.42. The first-order valence-corrected chi connectivity index (χ1v) is 5.78. The van der Waals surface area contributed by atoms with Gasteiger partial charge in [0.2, 0.25) is 0 Å². The fraction of sp³-hybridized carbons (Fsp3) is 1.00. The zero-order chi connectivity index (χ0) is 9.72. The van der Waals surface area contributed by atoms with Gasteiger partial charge in [0.1, 0.15) is 0 Å². The number of nitrogens with zero attached hydrogens (tertiary/aromatic N) is 1. The molecule has 0 saturated heterocycles. The molecule has 0 heterocycles. The third kappa shape index (κ3) is 3.84. The lowest BCUT2D eigenvalue weighted by atomic mass is 10.2. The minimum Gasteiger partial charge on any atom is -0.300 e. The minimum absolute atomic E-state index is 0.640. The van der Waals surface area contributed by atoms with Gasteiger partial charge < -0.3 is 5.09 Å². The minimum atomic E-state index is 0.640. The SMILES string of the molecule is CNPC(C)N(C(C)C)C(C)C. The van der Waals surface area contributed by atoms with E-state index in [1.165, 1.54) is 0 Å². The van der Waals surface area contributed by atoms with Crippen LogP contribution in [0.5, 0.6) is 0 Å². The van der Waals surface area contributed by atoms with Gasteiger partial charge in [-0.15, -0.1) is 0 Å². The molecule has 0 aromatic rings. The molecule has 2 unspecified atom stereocenters. The Morgan fingerprint density at radius 3 is 1.67 bits per heavy atom. The molecule has 0 aliphatic heterocycles. The van der Waals surface area contributed by atoms with Gasteiger partial charge in [-0.1, -0.05) is 0 Å². The Balaban J connectivity index is 4.09. The van der Waals surface area contributed by atoms with Crippen molar-refractivity contribution in [2.24, 2.45) is 0 Å². The van der Waals surface area contributed by atoms with Crippen molar-refractivity contribution in [1.29, 1.82) is 0 Å². The third-order valence-electron chi connectivity index (χ3n) is 1.99. The molecule has 3 heteroatoms. The Morgan fingerprint density at radius 2 is 1.42 bits per heavy atom. The fourth-order valence-electron chi connectivity index (χ4n) is 1.77. The predicted molar refractivity (Wildman–Crippen MR) is 58.9 cm³/mol. The summed E-state index contributed by atoms with van der Waals surface area (Å²) in [5, 5.41) is 3.24. The highest BCUT2D eigenvalue weighted by molar-refractivity contribution is 7.36. The second kappa shape index (κ2) is 5.90. The predicted octanol–water partition coefficient (Wildman–Crippen LogP) is 2.26. The van der Waals surface area contributed by atoms with Crippen molar-refractivity contribution < 1.29 is 0 Å². The summed E-state index contributed by atoms with van der Waals surface area (Å²) in [6, 6.07) is 1.28. The molecule has 12 heavy (non-hydrogen) atoms. The van der Waals surface area contributed by atoms with E-state index >= 15 is 0 Å². The molecular weight excluding hydrogens is 167 g/mol. The van der Waals surface area contributed by atoms with E-state index in [2.05, 4.69) is 44.6 Å². The molecule has 0 fully saturated rings. The molecule has 0 rings (SSSR count). The van der Waals surface area contributed by atoms with Crippen LogP contribution >= 0.6 is 8.73 Å². The highest BCUT2D eigenvalue weighted by Gasteiger charge is 2.18. The zero-order valence-corrected chi connectivity index (χ0v) is 10.2. The van der Waals surface area contributed by atoms with Gasteiger partial charge in [-0.3, -0.25) is 4.90 Å². The molecule has 0 aliphatic carbocycles. The summed E-state index contributed by atoms with van der Waals surface area (Å²) in [6.45, 7) is 11.3. The van der Waals surface area contributed by atoms with E-state index in [4.69, 9.17) is 0 Å². The molecule has 0 aromatic carbocycles. The van der Waals surface area contributed by atoms with E-state index in [9.17, 15) is 0 Å². The van der Waals surface area contributed by atoms with Gasteiger partial charge in [0.05, 0.1) is 0 Å². The molecule has 0 amide bonds. The van der Waals surface area contributed by atoms with Gasteiger partial charge in [-0.2, -0.15) is 0 Å². The van der Waals surface area contributed by atoms with E-state index in [0.717, 1.165) is 8.73 Å². The van der Waals surface area contributed by atoms with Gasteiger partial charge in [0.25, 0.3) is 0 Å². The van der Waals surface area contributed by atoms with Crippen molar-refractivity contribution in [3.63, 3.8) is 0 Å². The Hall–Kier alpha value is 0.350. The van der Waals surface area contributed by atoms with Crippen molar-refractivity contribution in [3.05, 3.63) is 0 Å². The van der Waals surface area contributed by atoms with E-state index in [-0.39, 0.29) is 0 Å². The first-order valence-electron chi connectivity index (χ1n) is 4.70. The molecular formula is C9H23N2P. The second-order valence-corrected chi connectivity index (χ2v) is 5.33. The highest BCUT2D eigenvalue weighted by Crippen LogP contribution is 2.21. The largest absolute Gasteiger partial charge is 0.300 e. The van der Waals surface area contributed by atoms with Crippen LogP contribution in [0, 0.1) is 0 Å². The third-order valence-corrected chi connectivity index (χ3v) is 3.00. The topological polar surface area (TPSA) is 15.3 Å². The van der Waals surface area contributed by atoms with E-state index in [1.807, 2.05) is 7.05 Å². The summed E-state index contributed by atoms with van der Waals surface area (Å²) in [4.78, 5) is 2.54. The molecule has 0 saturated carbocycles. The summed E-state index contributed by atoms with van der Waals surface area (Å²) in [6.07, 6.45) is 0. The van der Waals surface area contributed by atoms with Crippen LogP contribution in [-0.2, 0) is 0 Å². The number of rotatable bonds is 5. The summed E-state index contributed by atoms with van der Waals surface area (Å²) in [5.74, 6) is 0.648. The maximum Gasteiger partial charge on any atom is 0.0378 e. The zero-order valence-electron chi connectivity index (χ0n) is 9.18. The smallest absolute Gasteiger partial charge is 0.0378 e. The maximum atomic E-state index is 3.24. The molecule has 74 valence electrons.